The minimum atomic E-state index is -0.442. The summed E-state index contributed by atoms with van der Waals surface area (Å²) in [6.07, 6.45) is 2.26. The second-order valence-electron chi connectivity index (χ2n) is 6.89. The van der Waals surface area contributed by atoms with Gasteiger partial charge in [-0.25, -0.2) is 0 Å². The summed E-state index contributed by atoms with van der Waals surface area (Å²) in [7, 11) is 0. The molecule has 0 bridgehead atoms. The number of benzene rings is 1. The number of nitro benzene ring substituents is 1. The molecule has 5 rings (SSSR count). The van der Waals surface area contributed by atoms with Gasteiger partial charge in [0.15, 0.2) is 11.0 Å². The molecule has 1 fully saturated rings. The average molecular weight is 441 g/mol. The lowest BCUT2D eigenvalue weighted by Gasteiger charge is -2.10. The van der Waals surface area contributed by atoms with E-state index in [0.29, 0.717) is 23.4 Å². The van der Waals surface area contributed by atoms with Crippen LogP contribution in [0.5, 0.6) is 0 Å². The molecule has 1 aromatic carbocycles. The Morgan fingerprint density at radius 3 is 2.67 bits per heavy atom. The molecule has 9 nitrogen and oxygen atoms in total. The van der Waals surface area contributed by atoms with E-state index in [1.807, 2.05) is 18.4 Å². The molecule has 0 N–H and O–H groups in total. The fourth-order valence-electron chi connectivity index (χ4n) is 3.04. The molecule has 1 atom stereocenters. The fourth-order valence-corrected chi connectivity index (χ4v) is 4.70. The van der Waals surface area contributed by atoms with Gasteiger partial charge in [0, 0.05) is 23.7 Å². The van der Waals surface area contributed by atoms with Gasteiger partial charge in [-0.05, 0) is 43.3 Å². The number of nitro groups is 1. The predicted octanol–water partition coefficient (Wildman–Crippen LogP) is 5.15. The van der Waals surface area contributed by atoms with Crippen LogP contribution in [0.2, 0.25) is 0 Å². The molecule has 11 heteroatoms. The van der Waals surface area contributed by atoms with Crippen LogP contribution in [0.15, 0.2) is 51.4 Å². The average Bonchev–Trinajstić information content (AvgIpc) is 3.17. The Hall–Kier alpha value is -3.05. The molecule has 1 aliphatic carbocycles. The van der Waals surface area contributed by atoms with Crippen LogP contribution in [0.1, 0.15) is 36.9 Å². The molecule has 0 radical (unpaired) electrons. The summed E-state index contributed by atoms with van der Waals surface area (Å²) in [6, 6.07) is 10.5. The summed E-state index contributed by atoms with van der Waals surface area (Å²) < 4.78 is 8.04. The lowest BCUT2D eigenvalue weighted by molar-refractivity contribution is -0.384. The van der Waals surface area contributed by atoms with Crippen LogP contribution in [0, 0.1) is 10.1 Å². The zero-order valence-corrected chi connectivity index (χ0v) is 17.5. The quantitative estimate of drug-likeness (QED) is 0.220. The smallest absolute Gasteiger partial charge is 0.269 e. The highest BCUT2D eigenvalue weighted by molar-refractivity contribution is 7.99. The van der Waals surface area contributed by atoms with Crippen molar-refractivity contribution in [3.8, 4) is 22.2 Å². The third-order valence-corrected chi connectivity index (χ3v) is 6.62. The third kappa shape index (κ3) is 3.61. The van der Waals surface area contributed by atoms with Crippen molar-refractivity contribution in [2.45, 2.75) is 36.2 Å². The highest BCUT2D eigenvalue weighted by Gasteiger charge is 2.31. The summed E-state index contributed by atoms with van der Waals surface area (Å²) in [5.41, 5.74) is 0.654. The van der Waals surface area contributed by atoms with Crippen LogP contribution >= 0.6 is 23.1 Å². The monoisotopic (exact) mass is 440 g/mol. The summed E-state index contributed by atoms with van der Waals surface area (Å²) in [5, 5.41) is 30.7. The number of hydrogen-bond acceptors (Lipinski definition) is 9. The number of aromatic nitrogens is 5. The van der Waals surface area contributed by atoms with Crippen LogP contribution < -0.4 is 0 Å². The molecule has 1 aliphatic rings. The second-order valence-corrected chi connectivity index (χ2v) is 9.15. The molecular weight excluding hydrogens is 424 g/mol. The predicted molar refractivity (Wildman–Crippen MR) is 112 cm³/mol. The van der Waals surface area contributed by atoms with Crippen molar-refractivity contribution in [3.05, 3.63) is 57.8 Å². The first kappa shape index (κ1) is 18.9. The number of thiophene rings is 1. The van der Waals surface area contributed by atoms with Gasteiger partial charge in [0.2, 0.25) is 11.8 Å². The maximum absolute atomic E-state index is 10.8. The Morgan fingerprint density at radius 1 is 1.20 bits per heavy atom. The van der Waals surface area contributed by atoms with Gasteiger partial charge in [0.25, 0.3) is 5.69 Å². The standard InChI is InChI=1S/C19H16N6O3S2/c1-11(17-21-22-18(28-17)12-4-6-14(7-5-12)25(26)27)30-19-23-20-16(15-3-2-10-29-15)24(19)13-8-9-13/h2-7,10-11,13H,8-9H2,1H3. The first-order valence-electron chi connectivity index (χ1n) is 9.34. The van der Waals surface area contributed by atoms with Crippen molar-refractivity contribution in [1.82, 2.24) is 25.0 Å². The minimum Gasteiger partial charge on any atom is -0.419 e. The molecule has 152 valence electrons. The Kier molecular flexibility index (Phi) is 4.83. The molecule has 0 amide bonds. The second kappa shape index (κ2) is 7.65. The van der Waals surface area contributed by atoms with Crippen molar-refractivity contribution in [2.75, 3.05) is 0 Å². The van der Waals surface area contributed by atoms with Crippen molar-refractivity contribution < 1.29 is 9.34 Å². The molecule has 1 saturated carbocycles. The van der Waals surface area contributed by atoms with Crippen LogP contribution in [0.25, 0.3) is 22.2 Å². The number of rotatable bonds is 7. The molecule has 0 spiro atoms. The van der Waals surface area contributed by atoms with Gasteiger partial charge in [-0.2, -0.15) is 0 Å². The Balaban J connectivity index is 1.37. The Bertz CT molecular complexity index is 1180. The third-order valence-electron chi connectivity index (χ3n) is 4.71. The van der Waals surface area contributed by atoms with Crippen LogP contribution in [-0.2, 0) is 0 Å². The van der Waals surface area contributed by atoms with Crippen LogP contribution in [0.4, 0.5) is 5.69 Å². The molecule has 3 aromatic heterocycles. The lowest BCUT2D eigenvalue weighted by Crippen LogP contribution is -2.00. The maximum atomic E-state index is 10.8. The number of thioether (sulfide) groups is 1. The van der Waals surface area contributed by atoms with Crippen molar-refractivity contribution >= 4 is 28.8 Å². The van der Waals surface area contributed by atoms with Crippen LogP contribution in [0.3, 0.4) is 0 Å². The maximum Gasteiger partial charge on any atom is 0.269 e. The lowest BCUT2D eigenvalue weighted by atomic mass is 10.2. The number of nitrogens with zero attached hydrogens (tertiary/aromatic N) is 6. The Labute approximate surface area is 179 Å². The summed E-state index contributed by atoms with van der Waals surface area (Å²) in [6.45, 7) is 1.98. The molecular formula is C19H16N6O3S2. The first-order valence-corrected chi connectivity index (χ1v) is 11.1. The summed E-state index contributed by atoms with van der Waals surface area (Å²) in [4.78, 5) is 11.5. The minimum absolute atomic E-state index is 0.0170. The van der Waals surface area contributed by atoms with E-state index in [-0.39, 0.29) is 10.9 Å². The zero-order chi connectivity index (χ0) is 20.7. The van der Waals surface area contributed by atoms with E-state index < -0.39 is 4.92 Å². The van der Waals surface area contributed by atoms with Gasteiger partial charge in [0.1, 0.15) is 0 Å². The van der Waals surface area contributed by atoms with Gasteiger partial charge >= 0.3 is 0 Å². The van der Waals surface area contributed by atoms with Gasteiger partial charge in [0.05, 0.1) is 15.1 Å². The number of non-ortho nitro benzene ring substituents is 1. The van der Waals surface area contributed by atoms with Gasteiger partial charge in [-0.3, -0.25) is 14.7 Å². The fraction of sp³-hybridized carbons (Fsp3) is 0.263. The molecule has 3 heterocycles. The molecule has 0 saturated heterocycles. The largest absolute Gasteiger partial charge is 0.419 e. The molecule has 4 aromatic rings. The van der Waals surface area contributed by atoms with E-state index in [4.69, 9.17) is 4.42 Å². The van der Waals surface area contributed by atoms with Crippen molar-refractivity contribution in [1.29, 1.82) is 0 Å². The summed E-state index contributed by atoms with van der Waals surface area (Å²) >= 11 is 3.19. The van der Waals surface area contributed by atoms with Crippen molar-refractivity contribution in [2.24, 2.45) is 0 Å². The van der Waals surface area contributed by atoms with Gasteiger partial charge in [-0.1, -0.05) is 17.8 Å². The van der Waals surface area contributed by atoms with Crippen LogP contribution in [-0.4, -0.2) is 29.9 Å². The van der Waals surface area contributed by atoms with E-state index in [2.05, 4.69) is 31.0 Å². The van der Waals surface area contributed by atoms with E-state index in [1.54, 1.807) is 23.5 Å². The van der Waals surface area contributed by atoms with Crippen molar-refractivity contribution in [3.63, 3.8) is 0 Å². The summed E-state index contributed by atoms with van der Waals surface area (Å²) in [5.74, 6) is 1.70. The first-order chi connectivity index (χ1) is 14.6. The normalized spacial score (nSPS) is 14.7. The number of hydrogen-bond donors (Lipinski definition) is 0. The topological polar surface area (TPSA) is 113 Å². The highest BCUT2D eigenvalue weighted by Crippen LogP contribution is 2.44. The van der Waals surface area contributed by atoms with Gasteiger partial charge < -0.3 is 4.42 Å². The van der Waals surface area contributed by atoms with Gasteiger partial charge in [-0.15, -0.1) is 31.7 Å². The van der Waals surface area contributed by atoms with E-state index >= 15 is 0 Å². The molecule has 1 unspecified atom stereocenters. The molecule has 0 aliphatic heterocycles. The molecule has 30 heavy (non-hydrogen) atoms. The SMILES string of the molecule is CC(Sc1nnc(-c2cccs2)n1C1CC1)c1nnc(-c2ccc([N+](=O)[O-])cc2)o1. The highest BCUT2D eigenvalue weighted by atomic mass is 32.2. The van der Waals surface area contributed by atoms with E-state index in [1.165, 1.54) is 23.9 Å². The van der Waals surface area contributed by atoms with E-state index in [0.717, 1.165) is 28.7 Å². The van der Waals surface area contributed by atoms with E-state index in [9.17, 15) is 10.1 Å². The Morgan fingerprint density at radius 2 is 2.00 bits per heavy atom. The zero-order valence-electron chi connectivity index (χ0n) is 15.8.